The topological polar surface area (TPSA) is 71.4 Å². The largest absolute Gasteiger partial charge is 0.381 e. The normalized spacial score (nSPS) is 20.3. The highest BCUT2D eigenvalue weighted by atomic mass is 16.5. The summed E-state index contributed by atoms with van der Waals surface area (Å²) in [6.07, 6.45) is 1.10. The van der Waals surface area contributed by atoms with Gasteiger partial charge in [0.05, 0.1) is 12.3 Å². The highest BCUT2D eigenvalue weighted by Gasteiger charge is 2.20. The molecule has 23 heavy (non-hydrogen) atoms. The van der Waals surface area contributed by atoms with Gasteiger partial charge in [-0.3, -0.25) is 9.89 Å². The molecule has 2 aromatic heterocycles. The number of nitrogens with zero attached hydrogens (tertiary/aromatic N) is 2. The van der Waals surface area contributed by atoms with E-state index in [1.807, 2.05) is 13.0 Å². The molecule has 0 aromatic carbocycles. The number of ether oxygens (including phenoxy) is 1. The van der Waals surface area contributed by atoms with Crippen molar-refractivity contribution in [3.63, 3.8) is 0 Å². The Labute approximate surface area is 136 Å². The van der Waals surface area contributed by atoms with Crippen LogP contribution in [0.3, 0.4) is 0 Å². The van der Waals surface area contributed by atoms with Crippen molar-refractivity contribution in [2.45, 2.75) is 45.6 Å². The number of hydrogen-bond acceptors (Lipinski definition) is 4. The molecule has 0 unspecified atom stereocenters. The Bertz CT molecular complexity index is 735. The van der Waals surface area contributed by atoms with Crippen molar-refractivity contribution >= 4 is 5.65 Å². The molecule has 1 saturated heterocycles. The second-order valence-electron chi connectivity index (χ2n) is 7.49. The average Bonchev–Trinajstić information content (AvgIpc) is 3.13. The van der Waals surface area contributed by atoms with Gasteiger partial charge in [0.15, 0.2) is 5.65 Å². The van der Waals surface area contributed by atoms with Gasteiger partial charge in [0.1, 0.15) is 0 Å². The fourth-order valence-electron chi connectivity index (χ4n) is 2.81. The van der Waals surface area contributed by atoms with Crippen LogP contribution < -0.4 is 10.9 Å². The lowest BCUT2D eigenvalue weighted by Crippen LogP contribution is -2.28. The molecule has 0 radical (unpaired) electrons. The Morgan fingerprint density at radius 1 is 1.48 bits per heavy atom. The van der Waals surface area contributed by atoms with Crippen molar-refractivity contribution in [2.24, 2.45) is 5.92 Å². The van der Waals surface area contributed by atoms with Crippen molar-refractivity contribution in [1.82, 2.24) is 19.9 Å². The minimum absolute atomic E-state index is 0.0429. The Balaban J connectivity index is 1.82. The van der Waals surface area contributed by atoms with Gasteiger partial charge in [-0.25, -0.2) is 9.50 Å². The monoisotopic (exact) mass is 318 g/mol. The van der Waals surface area contributed by atoms with E-state index >= 15 is 0 Å². The molecule has 6 nitrogen and oxygen atoms in total. The maximum atomic E-state index is 12.3. The van der Waals surface area contributed by atoms with Gasteiger partial charge in [-0.15, -0.1) is 0 Å². The predicted molar refractivity (Wildman–Crippen MR) is 89.9 cm³/mol. The lowest BCUT2D eigenvalue weighted by Gasteiger charge is -2.15. The summed E-state index contributed by atoms with van der Waals surface area (Å²) in [5.74, 6) is 0.557. The third-order valence-corrected chi connectivity index (χ3v) is 4.46. The summed E-state index contributed by atoms with van der Waals surface area (Å²) in [7, 11) is 0. The van der Waals surface area contributed by atoms with Gasteiger partial charge >= 0.3 is 0 Å². The van der Waals surface area contributed by atoms with Crippen LogP contribution in [0.15, 0.2) is 16.9 Å². The van der Waals surface area contributed by atoms with E-state index in [4.69, 9.17) is 4.74 Å². The summed E-state index contributed by atoms with van der Waals surface area (Å²) in [5.41, 5.74) is 2.34. The molecule has 0 spiro atoms. The third kappa shape index (κ3) is 3.48. The Hall–Kier alpha value is -1.66. The molecule has 0 aliphatic carbocycles. The predicted octanol–water partition coefficient (Wildman–Crippen LogP) is 2.01. The van der Waals surface area contributed by atoms with Crippen LogP contribution in [0.5, 0.6) is 0 Å². The Morgan fingerprint density at radius 3 is 2.91 bits per heavy atom. The van der Waals surface area contributed by atoms with E-state index in [1.165, 1.54) is 4.52 Å². The minimum atomic E-state index is -0.0710. The molecule has 6 heteroatoms. The maximum absolute atomic E-state index is 12.3. The lowest BCUT2D eigenvalue weighted by atomic mass is 9.93. The number of fused-ring (bicyclic) bond motifs is 1. The summed E-state index contributed by atoms with van der Waals surface area (Å²) in [6, 6.07) is 3.61. The fourth-order valence-corrected chi connectivity index (χ4v) is 2.81. The van der Waals surface area contributed by atoms with Crippen LogP contribution in [0.25, 0.3) is 5.65 Å². The van der Waals surface area contributed by atoms with E-state index in [9.17, 15) is 4.79 Å². The van der Waals surface area contributed by atoms with Gasteiger partial charge in [-0.1, -0.05) is 20.8 Å². The number of aromatic amines is 1. The lowest BCUT2D eigenvalue weighted by molar-refractivity contribution is 0.184. The van der Waals surface area contributed by atoms with Crippen molar-refractivity contribution < 1.29 is 4.74 Å². The molecule has 2 atom stereocenters. The van der Waals surface area contributed by atoms with Crippen LogP contribution in [0, 0.1) is 5.92 Å². The van der Waals surface area contributed by atoms with Gasteiger partial charge < -0.3 is 10.1 Å². The van der Waals surface area contributed by atoms with Gasteiger partial charge in [-0.05, 0) is 19.3 Å². The molecule has 2 N–H and O–H groups in total. The molecule has 1 fully saturated rings. The average molecular weight is 318 g/mol. The molecular weight excluding hydrogens is 292 g/mol. The summed E-state index contributed by atoms with van der Waals surface area (Å²) in [6.45, 7) is 10.9. The van der Waals surface area contributed by atoms with Crippen LogP contribution in [-0.4, -0.2) is 34.4 Å². The van der Waals surface area contributed by atoms with Gasteiger partial charge in [0, 0.05) is 42.4 Å². The van der Waals surface area contributed by atoms with Crippen molar-refractivity contribution in [3.8, 4) is 0 Å². The number of hydrogen-bond donors (Lipinski definition) is 2. The molecular formula is C17H26N4O2. The number of H-pyrrole nitrogens is 1. The number of rotatable bonds is 4. The van der Waals surface area contributed by atoms with Crippen LogP contribution >= 0.6 is 0 Å². The second-order valence-corrected chi connectivity index (χ2v) is 7.49. The molecule has 1 aliphatic rings. The van der Waals surface area contributed by atoms with Crippen LogP contribution in [-0.2, 0) is 10.2 Å². The van der Waals surface area contributed by atoms with E-state index in [1.54, 1.807) is 6.07 Å². The highest BCUT2D eigenvalue weighted by Crippen LogP contribution is 2.21. The van der Waals surface area contributed by atoms with Crippen molar-refractivity contribution in [3.05, 3.63) is 33.9 Å². The quantitative estimate of drug-likeness (QED) is 0.904. The SMILES string of the molecule is C[C@@H](NC[C@H]1CCOC1)c1cc(=O)n2[nH]c(C(C)(C)C)cc2n1. The first-order valence-electron chi connectivity index (χ1n) is 8.29. The van der Waals surface area contributed by atoms with E-state index in [2.05, 4.69) is 36.2 Å². The summed E-state index contributed by atoms with van der Waals surface area (Å²) < 4.78 is 6.91. The van der Waals surface area contributed by atoms with Crippen LogP contribution in [0.2, 0.25) is 0 Å². The first-order valence-corrected chi connectivity index (χ1v) is 8.29. The third-order valence-electron chi connectivity index (χ3n) is 4.46. The van der Waals surface area contributed by atoms with Crippen LogP contribution in [0.4, 0.5) is 0 Å². The first-order chi connectivity index (χ1) is 10.8. The first kappa shape index (κ1) is 16.2. The molecule has 0 bridgehead atoms. The van der Waals surface area contributed by atoms with E-state index < -0.39 is 0 Å². The summed E-state index contributed by atoms with van der Waals surface area (Å²) >= 11 is 0. The molecule has 3 rings (SSSR count). The molecule has 0 amide bonds. The molecule has 2 aromatic rings. The molecule has 1 aliphatic heterocycles. The van der Waals surface area contributed by atoms with E-state index in [0.29, 0.717) is 11.6 Å². The number of nitrogens with one attached hydrogen (secondary N) is 2. The second kappa shape index (κ2) is 6.09. The highest BCUT2D eigenvalue weighted by molar-refractivity contribution is 5.41. The fraction of sp³-hybridized carbons (Fsp3) is 0.647. The zero-order valence-corrected chi connectivity index (χ0v) is 14.3. The zero-order valence-electron chi connectivity index (χ0n) is 14.3. The standard InChI is InChI=1S/C17H26N4O2/c1-11(18-9-12-5-6-23-10-12)13-7-16(22)21-15(19-13)8-14(20-21)17(2,3)4/h7-8,11-12,18,20H,5-6,9-10H2,1-4H3/t11-,12-/m1/s1. The van der Waals surface area contributed by atoms with Crippen molar-refractivity contribution in [1.29, 1.82) is 0 Å². The Kier molecular flexibility index (Phi) is 4.29. The Morgan fingerprint density at radius 2 is 2.26 bits per heavy atom. The number of aromatic nitrogens is 3. The van der Waals surface area contributed by atoms with Crippen LogP contribution in [0.1, 0.15) is 51.5 Å². The van der Waals surface area contributed by atoms with Gasteiger partial charge in [0.2, 0.25) is 0 Å². The zero-order chi connectivity index (χ0) is 16.6. The van der Waals surface area contributed by atoms with Gasteiger partial charge in [0.25, 0.3) is 5.56 Å². The van der Waals surface area contributed by atoms with E-state index in [-0.39, 0.29) is 17.0 Å². The smallest absolute Gasteiger partial charge is 0.272 e. The molecule has 126 valence electrons. The van der Waals surface area contributed by atoms with Crippen molar-refractivity contribution in [2.75, 3.05) is 19.8 Å². The van der Waals surface area contributed by atoms with E-state index in [0.717, 1.165) is 37.6 Å². The summed E-state index contributed by atoms with van der Waals surface area (Å²) in [5, 5.41) is 6.62. The molecule has 0 saturated carbocycles. The summed E-state index contributed by atoms with van der Waals surface area (Å²) in [4.78, 5) is 17.0. The van der Waals surface area contributed by atoms with Gasteiger partial charge in [-0.2, -0.15) is 0 Å². The molecule has 3 heterocycles. The maximum Gasteiger partial charge on any atom is 0.272 e. The minimum Gasteiger partial charge on any atom is -0.381 e.